The highest BCUT2D eigenvalue weighted by atomic mass is 16.5. The number of ether oxygens (including phenoxy) is 1. The molecule has 0 bridgehead atoms. The van der Waals surface area contributed by atoms with Crippen LogP contribution in [0.1, 0.15) is 38.5 Å². The first-order chi connectivity index (χ1) is 12.8. The summed E-state index contributed by atoms with van der Waals surface area (Å²) >= 11 is 0. The maximum Gasteiger partial charge on any atom is 0.226 e. The molecule has 0 N–H and O–H groups in total. The van der Waals surface area contributed by atoms with E-state index in [0.717, 1.165) is 84.5 Å². The van der Waals surface area contributed by atoms with Crippen LogP contribution in [-0.4, -0.2) is 70.9 Å². The fourth-order valence-corrected chi connectivity index (χ4v) is 4.86. The summed E-state index contributed by atoms with van der Waals surface area (Å²) in [7, 11) is 0. The van der Waals surface area contributed by atoms with Crippen LogP contribution in [0.3, 0.4) is 0 Å². The molecule has 3 fully saturated rings. The lowest BCUT2D eigenvalue weighted by atomic mass is 9.91. The van der Waals surface area contributed by atoms with E-state index < -0.39 is 0 Å². The molecule has 0 spiro atoms. The molecule has 0 radical (unpaired) electrons. The number of hydrogen-bond donors (Lipinski definition) is 0. The van der Waals surface area contributed by atoms with E-state index in [-0.39, 0.29) is 5.92 Å². The molecule has 144 valence electrons. The van der Waals surface area contributed by atoms with Gasteiger partial charge in [0.2, 0.25) is 5.91 Å². The van der Waals surface area contributed by atoms with Crippen LogP contribution in [-0.2, 0) is 16.1 Å². The number of amides is 1. The Balaban J connectivity index is 1.26. The van der Waals surface area contributed by atoms with E-state index in [2.05, 4.69) is 14.9 Å². The van der Waals surface area contributed by atoms with Gasteiger partial charge in [0.05, 0.1) is 5.92 Å². The quantitative estimate of drug-likeness (QED) is 0.824. The van der Waals surface area contributed by atoms with Gasteiger partial charge < -0.3 is 9.64 Å². The number of rotatable bonds is 4. The van der Waals surface area contributed by atoms with Gasteiger partial charge in [0.1, 0.15) is 0 Å². The summed E-state index contributed by atoms with van der Waals surface area (Å²) in [6.07, 6.45) is 10.5. The molecule has 1 aromatic rings. The van der Waals surface area contributed by atoms with Crippen molar-refractivity contribution in [3.8, 4) is 0 Å². The SMILES string of the molecule is O=C([C@H]1CCCN(C2CCOCC2)C1)N1CCC(Cn2cccn2)CC1. The second-order valence-electron chi connectivity index (χ2n) is 8.17. The third-order valence-corrected chi connectivity index (χ3v) is 6.44. The van der Waals surface area contributed by atoms with Crippen molar-refractivity contribution < 1.29 is 9.53 Å². The number of piperidine rings is 2. The first-order valence-electron chi connectivity index (χ1n) is 10.4. The summed E-state index contributed by atoms with van der Waals surface area (Å²) in [6, 6.07) is 2.60. The largest absolute Gasteiger partial charge is 0.381 e. The fourth-order valence-electron chi connectivity index (χ4n) is 4.86. The molecular formula is C20H32N4O2. The van der Waals surface area contributed by atoms with Crippen molar-refractivity contribution in [3.05, 3.63) is 18.5 Å². The van der Waals surface area contributed by atoms with Gasteiger partial charge in [-0.25, -0.2) is 0 Å². The predicted molar refractivity (Wildman–Crippen MR) is 99.7 cm³/mol. The van der Waals surface area contributed by atoms with Crippen LogP contribution < -0.4 is 0 Å². The Kier molecular flexibility index (Phi) is 5.90. The molecule has 1 aromatic heterocycles. The van der Waals surface area contributed by atoms with Crippen molar-refractivity contribution in [2.45, 2.75) is 51.1 Å². The van der Waals surface area contributed by atoms with E-state index in [1.807, 2.05) is 23.1 Å². The molecule has 1 amide bonds. The van der Waals surface area contributed by atoms with Crippen LogP contribution in [0.15, 0.2) is 18.5 Å². The first kappa shape index (κ1) is 18.0. The van der Waals surface area contributed by atoms with E-state index in [1.54, 1.807) is 0 Å². The molecule has 6 heteroatoms. The van der Waals surface area contributed by atoms with Gasteiger partial charge in [0, 0.05) is 57.8 Å². The Labute approximate surface area is 156 Å². The minimum Gasteiger partial charge on any atom is -0.381 e. The average molecular weight is 361 g/mol. The second-order valence-corrected chi connectivity index (χ2v) is 8.17. The Bertz CT molecular complexity index is 562. The zero-order valence-corrected chi connectivity index (χ0v) is 15.8. The summed E-state index contributed by atoms with van der Waals surface area (Å²) in [6.45, 7) is 6.68. The molecule has 4 heterocycles. The van der Waals surface area contributed by atoms with E-state index >= 15 is 0 Å². The number of hydrogen-bond acceptors (Lipinski definition) is 4. The Morgan fingerprint density at radius 2 is 1.88 bits per heavy atom. The van der Waals surface area contributed by atoms with Gasteiger partial charge in [-0.15, -0.1) is 0 Å². The van der Waals surface area contributed by atoms with Crippen molar-refractivity contribution >= 4 is 5.91 Å². The molecule has 0 aromatic carbocycles. The second kappa shape index (κ2) is 8.53. The standard InChI is InChI=1S/C20H32N4O2/c25-20(18-3-1-9-23(16-18)19-6-13-26-14-7-19)22-11-4-17(5-12-22)15-24-10-2-8-21-24/h2,8,10,17-19H,1,3-7,9,11-16H2/t18-/m0/s1. The van der Waals surface area contributed by atoms with E-state index in [0.29, 0.717) is 17.9 Å². The maximum atomic E-state index is 13.1. The number of nitrogens with zero attached hydrogens (tertiary/aromatic N) is 4. The Morgan fingerprint density at radius 1 is 1.08 bits per heavy atom. The van der Waals surface area contributed by atoms with E-state index in [4.69, 9.17) is 4.74 Å². The van der Waals surface area contributed by atoms with Gasteiger partial charge in [-0.05, 0) is 57.1 Å². The van der Waals surface area contributed by atoms with Crippen molar-refractivity contribution in [3.63, 3.8) is 0 Å². The van der Waals surface area contributed by atoms with Crippen LogP contribution in [0.25, 0.3) is 0 Å². The molecule has 3 aliphatic heterocycles. The molecule has 1 atom stereocenters. The van der Waals surface area contributed by atoms with Gasteiger partial charge >= 0.3 is 0 Å². The summed E-state index contributed by atoms with van der Waals surface area (Å²) in [5.74, 6) is 1.25. The van der Waals surface area contributed by atoms with E-state index in [9.17, 15) is 4.79 Å². The van der Waals surface area contributed by atoms with Gasteiger partial charge in [-0.3, -0.25) is 14.4 Å². The number of carbonyl (C=O) groups excluding carboxylic acids is 1. The molecule has 3 saturated heterocycles. The van der Waals surface area contributed by atoms with Gasteiger partial charge in [0.15, 0.2) is 0 Å². The number of aromatic nitrogens is 2. The molecule has 3 aliphatic rings. The fraction of sp³-hybridized carbons (Fsp3) is 0.800. The molecule has 0 unspecified atom stereocenters. The number of carbonyl (C=O) groups is 1. The minimum absolute atomic E-state index is 0.203. The van der Waals surface area contributed by atoms with Gasteiger partial charge in [-0.1, -0.05) is 0 Å². The van der Waals surface area contributed by atoms with Crippen LogP contribution in [0.2, 0.25) is 0 Å². The third-order valence-electron chi connectivity index (χ3n) is 6.44. The highest BCUT2D eigenvalue weighted by Gasteiger charge is 2.34. The first-order valence-corrected chi connectivity index (χ1v) is 10.4. The lowest BCUT2D eigenvalue weighted by Crippen LogP contribution is -2.50. The molecule has 6 nitrogen and oxygen atoms in total. The molecule has 0 aliphatic carbocycles. The maximum absolute atomic E-state index is 13.1. The van der Waals surface area contributed by atoms with Crippen molar-refractivity contribution in [2.24, 2.45) is 11.8 Å². The van der Waals surface area contributed by atoms with E-state index in [1.165, 1.54) is 0 Å². The lowest BCUT2D eigenvalue weighted by Gasteiger charge is -2.41. The number of likely N-dealkylation sites (tertiary alicyclic amines) is 2. The summed E-state index contributed by atoms with van der Waals surface area (Å²) in [5.41, 5.74) is 0. The summed E-state index contributed by atoms with van der Waals surface area (Å²) in [4.78, 5) is 17.8. The lowest BCUT2D eigenvalue weighted by molar-refractivity contribution is -0.139. The predicted octanol–water partition coefficient (Wildman–Crippen LogP) is 2.01. The van der Waals surface area contributed by atoms with Gasteiger partial charge in [-0.2, -0.15) is 5.10 Å². The molecule has 0 saturated carbocycles. The minimum atomic E-state index is 0.203. The Hall–Kier alpha value is -1.40. The third kappa shape index (κ3) is 4.29. The zero-order valence-electron chi connectivity index (χ0n) is 15.8. The zero-order chi connectivity index (χ0) is 17.8. The summed E-state index contributed by atoms with van der Waals surface area (Å²) < 4.78 is 7.52. The molecule has 4 rings (SSSR count). The summed E-state index contributed by atoms with van der Waals surface area (Å²) in [5, 5.41) is 4.31. The highest BCUT2D eigenvalue weighted by molar-refractivity contribution is 5.79. The molecular weight excluding hydrogens is 328 g/mol. The van der Waals surface area contributed by atoms with Crippen molar-refractivity contribution in [2.75, 3.05) is 39.4 Å². The highest BCUT2D eigenvalue weighted by Crippen LogP contribution is 2.26. The van der Waals surface area contributed by atoms with Crippen LogP contribution in [0.4, 0.5) is 0 Å². The van der Waals surface area contributed by atoms with Gasteiger partial charge in [0.25, 0.3) is 0 Å². The monoisotopic (exact) mass is 360 g/mol. The topological polar surface area (TPSA) is 50.6 Å². The van der Waals surface area contributed by atoms with Crippen LogP contribution in [0, 0.1) is 11.8 Å². The van der Waals surface area contributed by atoms with Crippen LogP contribution in [0.5, 0.6) is 0 Å². The smallest absolute Gasteiger partial charge is 0.226 e. The van der Waals surface area contributed by atoms with Crippen LogP contribution >= 0.6 is 0 Å². The van der Waals surface area contributed by atoms with Crippen molar-refractivity contribution in [1.29, 1.82) is 0 Å². The average Bonchev–Trinajstić information content (AvgIpc) is 3.22. The van der Waals surface area contributed by atoms with Crippen molar-refractivity contribution in [1.82, 2.24) is 19.6 Å². The molecule has 26 heavy (non-hydrogen) atoms. The normalized spacial score (nSPS) is 26.9. The Morgan fingerprint density at radius 3 is 2.62 bits per heavy atom.